The van der Waals surface area contributed by atoms with E-state index in [4.69, 9.17) is 0 Å². The lowest BCUT2D eigenvalue weighted by Gasteiger charge is -2.40. The van der Waals surface area contributed by atoms with Crippen molar-refractivity contribution in [1.82, 2.24) is 4.90 Å². The molecule has 1 aromatic rings. The third-order valence-electron chi connectivity index (χ3n) is 5.77. The van der Waals surface area contributed by atoms with Crippen molar-refractivity contribution in [1.29, 1.82) is 0 Å². The molecule has 5 rings (SSSR count). The van der Waals surface area contributed by atoms with Gasteiger partial charge in [0, 0.05) is 35.3 Å². The molecule has 3 aliphatic carbocycles. The summed E-state index contributed by atoms with van der Waals surface area (Å²) in [5, 5.41) is 21.6. The van der Waals surface area contributed by atoms with Gasteiger partial charge in [0.05, 0.1) is 0 Å². The standard InChI is InChI=1S/C17H23NO2/c1-18-8-6-12-13(7-9-18)17(20)15-11-3-2-10(4-5-11)14(15)16(12)19/h10-11,19-20H,2-9H2,1H3. The maximum atomic E-state index is 10.8. The van der Waals surface area contributed by atoms with E-state index in [9.17, 15) is 10.2 Å². The molecule has 0 saturated heterocycles. The highest BCUT2D eigenvalue weighted by Crippen LogP contribution is 2.57. The first kappa shape index (κ1) is 12.5. The average molecular weight is 273 g/mol. The largest absolute Gasteiger partial charge is 0.507 e. The molecule has 1 saturated carbocycles. The van der Waals surface area contributed by atoms with Crippen LogP contribution in [-0.2, 0) is 12.8 Å². The minimum absolute atomic E-state index is 0.479. The fourth-order valence-electron chi connectivity index (χ4n) is 4.62. The van der Waals surface area contributed by atoms with Crippen LogP contribution in [0.1, 0.15) is 59.8 Å². The van der Waals surface area contributed by atoms with Crippen LogP contribution in [0.4, 0.5) is 0 Å². The number of phenols is 2. The molecule has 1 heterocycles. The molecule has 1 aromatic carbocycles. The van der Waals surface area contributed by atoms with Crippen molar-refractivity contribution in [2.24, 2.45) is 0 Å². The van der Waals surface area contributed by atoms with Crippen LogP contribution in [0.15, 0.2) is 0 Å². The Bertz CT molecular complexity index is 510. The Morgan fingerprint density at radius 1 is 0.800 bits per heavy atom. The van der Waals surface area contributed by atoms with E-state index in [2.05, 4.69) is 11.9 Å². The first-order valence-electron chi connectivity index (χ1n) is 7.94. The molecule has 0 spiro atoms. The zero-order valence-electron chi connectivity index (χ0n) is 12.2. The fourth-order valence-corrected chi connectivity index (χ4v) is 4.62. The number of rotatable bonds is 0. The Hall–Kier alpha value is -1.22. The summed E-state index contributed by atoms with van der Waals surface area (Å²) in [6, 6.07) is 0. The third-order valence-corrected chi connectivity index (χ3v) is 5.77. The van der Waals surface area contributed by atoms with E-state index in [0.717, 1.165) is 48.2 Å². The lowest BCUT2D eigenvalue weighted by atomic mass is 9.65. The van der Waals surface area contributed by atoms with E-state index < -0.39 is 0 Å². The van der Waals surface area contributed by atoms with Crippen LogP contribution in [0.25, 0.3) is 0 Å². The normalized spacial score (nSPS) is 28.9. The van der Waals surface area contributed by atoms with Crippen LogP contribution in [0.5, 0.6) is 11.5 Å². The SMILES string of the molecule is CN1CCc2c(O)c3c(c(O)c2CC1)C1CCC3CC1. The predicted octanol–water partition coefficient (Wildman–Crippen LogP) is 2.88. The average Bonchev–Trinajstić information content (AvgIpc) is 2.68. The Balaban J connectivity index is 1.94. The van der Waals surface area contributed by atoms with Crippen LogP contribution < -0.4 is 0 Å². The highest BCUT2D eigenvalue weighted by Gasteiger charge is 2.39. The number of benzene rings is 1. The zero-order valence-corrected chi connectivity index (χ0v) is 12.2. The molecule has 0 aromatic heterocycles. The molecule has 4 aliphatic rings. The molecule has 0 unspecified atom stereocenters. The highest BCUT2D eigenvalue weighted by molar-refractivity contribution is 5.62. The number of fused-ring (bicyclic) bond motifs is 3. The second-order valence-electron chi connectivity index (χ2n) is 6.83. The number of likely N-dealkylation sites (N-methyl/N-ethyl adjacent to an activating group) is 1. The van der Waals surface area contributed by atoms with Crippen molar-refractivity contribution in [3.8, 4) is 11.5 Å². The number of nitrogens with zero attached hydrogens (tertiary/aromatic N) is 1. The predicted molar refractivity (Wildman–Crippen MR) is 78.6 cm³/mol. The zero-order chi connectivity index (χ0) is 13.9. The summed E-state index contributed by atoms with van der Waals surface area (Å²) in [4.78, 5) is 2.28. The molecule has 1 aliphatic heterocycles. The van der Waals surface area contributed by atoms with Crippen molar-refractivity contribution in [2.45, 2.75) is 50.4 Å². The molecule has 2 N–H and O–H groups in total. The van der Waals surface area contributed by atoms with E-state index in [0.29, 0.717) is 23.3 Å². The quantitative estimate of drug-likeness (QED) is 0.714. The molecular formula is C17H23NO2. The number of hydrogen-bond donors (Lipinski definition) is 2. The second-order valence-corrected chi connectivity index (χ2v) is 6.83. The lowest BCUT2D eigenvalue weighted by molar-refractivity contribution is 0.326. The summed E-state index contributed by atoms with van der Waals surface area (Å²) < 4.78 is 0. The maximum absolute atomic E-state index is 10.8. The summed E-state index contributed by atoms with van der Waals surface area (Å²) >= 11 is 0. The molecule has 0 amide bonds. The van der Waals surface area contributed by atoms with Crippen LogP contribution in [0, 0.1) is 0 Å². The molecule has 3 nitrogen and oxygen atoms in total. The Kier molecular flexibility index (Phi) is 2.75. The molecule has 0 radical (unpaired) electrons. The molecule has 0 atom stereocenters. The van der Waals surface area contributed by atoms with Gasteiger partial charge in [-0.1, -0.05) is 0 Å². The van der Waals surface area contributed by atoms with Crippen molar-refractivity contribution in [3.05, 3.63) is 22.3 Å². The Morgan fingerprint density at radius 2 is 1.20 bits per heavy atom. The molecule has 108 valence electrons. The van der Waals surface area contributed by atoms with E-state index >= 15 is 0 Å². The van der Waals surface area contributed by atoms with Crippen molar-refractivity contribution in [2.75, 3.05) is 20.1 Å². The first-order valence-corrected chi connectivity index (χ1v) is 7.94. The second kappa shape index (κ2) is 4.39. The number of aromatic hydroxyl groups is 2. The molecule has 1 fully saturated rings. The molecule has 3 heteroatoms. The highest BCUT2D eigenvalue weighted by atomic mass is 16.3. The van der Waals surface area contributed by atoms with E-state index in [1.807, 2.05) is 0 Å². The monoisotopic (exact) mass is 273 g/mol. The van der Waals surface area contributed by atoms with Crippen LogP contribution in [0.2, 0.25) is 0 Å². The van der Waals surface area contributed by atoms with Crippen LogP contribution in [0.3, 0.4) is 0 Å². The number of hydrogen-bond acceptors (Lipinski definition) is 3. The van der Waals surface area contributed by atoms with Gasteiger partial charge >= 0.3 is 0 Å². The summed E-state index contributed by atoms with van der Waals surface area (Å²) in [7, 11) is 2.11. The first-order chi connectivity index (χ1) is 9.66. The fraction of sp³-hybridized carbons (Fsp3) is 0.647. The third kappa shape index (κ3) is 1.62. The van der Waals surface area contributed by atoms with E-state index in [1.54, 1.807) is 0 Å². The molecule has 2 bridgehead atoms. The van der Waals surface area contributed by atoms with Crippen molar-refractivity contribution >= 4 is 0 Å². The molecule has 20 heavy (non-hydrogen) atoms. The van der Waals surface area contributed by atoms with Gasteiger partial charge in [-0.15, -0.1) is 0 Å². The van der Waals surface area contributed by atoms with Gasteiger partial charge in [0.25, 0.3) is 0 Å². The Labute approximate surface area is 120 Å². The van der Waals surface area contributed by atoms with E-state index in [-0.39, 0.29) is 0 Å². The topological polar surface area (TPSA) is 43.7 Å². The lowest BCUT2D eigenvalue weighted by Crippen LogP contribution is -2.23. The minimum Gasteiger partial charge on any atom is -0.507 e. The number of phenolic OH excluding ortho intramolecular Hbond substituents is 2. The summed E-state index contributed by atoms with van der Waals surface area (Å²) in [6.45, 7) is 1.93. The minimum atomic E-state index is 0.479. The van der Waals surface area contributed by atoms with Gasteiger partial charge in [-0.2, -0.15) is 0 Å². The van der Waals surface area contributed by atoms with Gasteiger partial charge in [-0.05, 0) is 57.4 Å². The van der Waals surface area contributed by atoms with Crippen LogP contribution >= 0.6 is 0 Å². The van der Waals surface area contributed by atoms with Crippen molar-refractivity contribution < 1.29 is 10.2 Å². The van der Waals surface area contributed by atoms with Gasteiger partial charge in [0.2, 0.25) is 0 Å². The van der Waals surface area contributed by atoms with Gasteiger partial charge in [-0.25, -0.2) is 0 Å². The Morgan fingerprint density at radius 3 is 1.60 bits per heavy atom. The van der Waals surface area contributed by atoms with Gasteiger partial charge in [0.15, 0.2) is 0 Å². The summed E-state index contributed by atoms with van der Waals surface area (Å²) in [5.74, 6) is 2.01. The smallest absolute Gasteiger partial charge is 0.123 e. The van der Waals surface area contributed by atoms with Gasteiger partial charge in [-0.3, -0.25) is 0 Å². The maximum Gasteiger partial charge on any atom is 0.123 e. The van der Waals surface area contributed by atoms with E-state index in [1.165, 1.54) is 25.7 Å². The van der Waals surface area contributed by atoms with Gasteiger partial charge in [0.1, 0.15) is 11.5 Å². The summed E-state index contributed by atoms with van der Waals surface area (Å²) in [6.07, 6.45) is 6.45. The summed E-state index contributed by atoms with van der Waals surface area (Å²) in [5.41, 5.74) is 4.26. The van der Waals surface area contributed by atoms with Crippen LogP contribution in [-0.4, -0.2) is 35.3 Å². The molecular weight excluding hydrogens is 250 g/mol. The van der Waals surface area contributed by atoms with Crippen molar-refractivity contribution in [3.63, 3.8) is 0 Å². The van der Waals surface area contributed by atoms with Gasteiger partial charge < -0.3 is 15.1 Å².